The van der Waals surface area contributed by atoms with Crippen molar-refractivity contribution in [3.05, 3.63) is 132 Å². The number of nitrogens with one attached hydrogen (secondary N) is 1. The molecule has 2 saturated heterocycles. The highest BCUT2D eigenvalue weighted by Gasteiger charge is 2.45. The molecule has 4 aromatic carbocycles. The first-order valence-electron chi connectivity index (χ1n) is 20.3. The maximum absolute atomic E-state index is 15.2. The number of nitrogens with zero attached hydrogens (tertiary/aromatic N) is 2. The van der Waals surface area contributed by atoms with E-state index < -0.39 is 60.4 Å². The number of amides is 1. The molecule has 1 N–H and O–H groups in total. The molecule has 0 saturated carbocycles. The SMILES string of the molecule is COc1ccc(S(=O)(=O)N(C[C@@H](OP(=O)(OCc2ccccc2)OCc2ccccc2)[C@H](Cc2ccccc2)NC(=O)O[C@H]2CO[C@H]3OCC[C@H]32)CC(C)(C)CCC#N)cc1. The largest absolute Gasteiger partial charge is 0.497 e. The zero-order valence-corrected chi connectivity index (χ0v) is 36.4. The number of ether oxygens (including phenoxy) is 4. The molecule has 0 bridgehead atoms. The molecular weight excluding hydrogens is 822 g/mol. The molecular formula is C45H54N3O11PS. The van der Waals surface area contributed by atoms with Gasteiger partial charge in [-0.2, -0.15) is 9.57 Å². The van der Waals surface area contributed by atoms with Crippen LogP contribution in [0.1, 0.15) is 49.8 Å². The lowest BCUT2D eigenvalue weighted by molar-refractivity contribution is -0.0907. The van der Waals surface area contributed by atoms with Gasteiger partial charge >= 0.3 is 13.9 Å². The van der Waals surface area contributed by atoms with Crippen LogP contribution in [-0.2, 0) is 62.0 Å². The van der Waals surface area contributed by atoms with Gasteiger partial charge in [-0.25, -0.2) is 17.8 Å². The Bertz CT molecular complexity index is 2150. The second kappa shape index (κ2) is 21.4. The first-order chi connectivity index (χ1) is 29.4. The van der Waals surface area contributed by atoms with Gasteiger partial charge in [-0.3, -0.25) is 13.6 Å². The summed E-state index contributed by atoms with van der Waals surface area (Å²) in [5.41, 5.74) is 1.41. The van der Waals surface area contributed by atoms with Gasteiger partial charge in [-0.1, -0.05) is 105 Å². The standard InChI is InChI=1S/C45H54N3O11PS/c1-45(2,25-13-26-46)33-48(61(51,52)38-22-20-37(53-3)21-23-38)29-41(59-60(50,56-30-35-16-9-5-10-17-35)57-31-36-18-11-6-12-19-36)40(28-34-14-7-4-8-15-34)47-44(49)58-42-32-55-43-39(42)24-27-54-43/h4-12,14-23,39-43H,13,24-25,27-33H2,1-3H3,(H,47,49)/t39-,40-,41+,42-,43+/m0/s1. The molecule has 2 fully saturated rings. The molecule has 16 heteroatoms. The molecule has 2 heterocycles. The molecule has 0 spiro atoms. The minimum absolute atomic E-state index is 0.0338. The molecule has 4 aromatic rings. The van der Waals surface area contributed by atoms with Crippen molar-refractivity contribution in [1.82, 2.24) is 9.62 Å². The smallest absolute Gasteiger partial charge is 0.475 e. The van der Waals surface area contributed by atoms with Crippen molar-refractivity contribution < 1.29 is 50.3 Å². The Morgan fingerprint density at radius 3 is 2.07 bits per heavy atom. The number of carbonyl (C=O) groups is 1. The van der Waals surface area contributed by atoms with Crippen LogP contribution in [0.4, 0.5) is 4.79 Å². The van der Waals surface area contributed by atoms with Gasteiger partial charge in [0, 0.05) is 19.5 Å². The van der Waals surface area contributed by atoms with Crippen LogP contribution < -0.4 is 10.1 Å². The fraction of sp³-hybridized carbons (Fsp3) is 0.422. The molecule has 2 aliphatic rings. The Morgan fingerprint density at radius 1 is 0.902 bits per heavy atom. The fourth-order valence-electron chi connectivity index (χ4n) is 7.26. The van der Waals surface area contributed by atoms with Gasteiger partial charge in [0.25, 0.3) is 0 Å². The topological polar surface area (TPSA) is 172 Å². The van der Waals surface area contributed by atoms with Crippen LogP contribution >= 0.6 is 7.82 Å². The molecule has 0 radical (unpaired) electrons. The lowest BCUT2D eigenvalue weighted by atomic mass is 9.88. The number of phosphoric ester groups is 1. The van der Waals surface area contributed by atoms with Crippen LogP contribution in [0, 0.1) is 22.7 Å². The third-order valence-corrected chi connectivity index (χ3v) is 13.9. The Labute approximate surface area is 358 Å². The first kappa shape index (κ1) is 45.9. The first-order valence-corrected chi connectivity index (χ1v) is 23.2. The molecule has 6 rings (SSSR count). The van der Waals surface area contributed by atoms with E-state index in [1.54, 1.807) is 36.4 Å². The van der Waals surface area contributed by atoms with Gasteiger partial charge in [0.2, 0.25) is 10.0 Å². The zero-order valence-electron chi connectivity index (χ0n) is 34.7. The predicted octanol–water partition coefficient (Wildman–Crippen LogP) is 8.04. The third kappa shape index (κ3) is 13.2. The average Bonchev–Trinajstić information content (AvgIpc) is 3.90. The quantitative estimate of drug-likeness (QED) is 0.0755. The summed E-state index contributed by atoms with van der Waals surface area (Å²) >= 11 is 0. The van der Waals surface area contributed by atoms with Gasteiger partial charge in [0.1, 0.15) is 18.0 Å². The Hall–Kier alpha value is -4.62. The highest BCUT2D eigenvalue weighted by Crippen LogP contribution is 2.53. The molecule has 1 amide bonds. The van der Waals surface area contributed by atoms with E-state index in [2.05, 4.69) is 11.4 Å². The van der Waals surface area contributed by atoms with E-state index in [-0.39, 0.29) is 50.0 Å². The van der Waals surface area contributed by atoms with Crippen molar-refractivity contribution in [3.8, 4) is 11.8 Å². The summed E-state index contributed by atoms with van der Waals surface area (Å²) in [4.78, 5) is 14.0. The number of carbonyl (C=O) groups excluding carboxylic acids is 1. The predicted molar refractivity (Wildman–Crippen MR) is 226 cm³/mol. The monoisotopic (exact) mass is 875 g/mol. The lowest BCUT2D eigenvalue weighted by Gasteiger charge is -2.37. The van der Waals surface area contributed by atoms with E-state index in [4.69, 9.17) is 32.5 Å². The van der Waals surface area contributed by atoms with E-state index >= 15 is 4.57 Å². The van der Waals surface area contributed by atoms with Crippen LogP contribution in [0.15, 0.2) is 120 Å². The van der Waals surface area contributed by atoms with Crippen LogP contribution in [-0.4, -0.2) is 76.8 Å². The van der Waals surface area contributed by atoms with Crippen molar-refractivity contribution >= 4 is 23.9 Å². The second-order valence-electron chi connectivity index (χ2n) is 15.8. The summed E-state index contributed by atoms with van der Waals surface area (Å²) in [7, 11) is -7.48. The Kier molecular flexibility index (Phi) is 16.1. The molecule has 0 aliphatic carbocycles. The second-order valence-corrected chi connectivity index (χ2v) is 19.4. The van der Waals surface area contributed by atoms with Gasteiger partial charge in [0.15, 0.2) is 6.29 Å². The summed E-state index contributed by atoms with van der Waals surface area (Å²) in [5.74, 6) is 0.311. The van der Waals surface area contributed by atoms with Crippen molar-refractivity contribution in [3.63, 3.8) is 0 Å². The maximum atomic E-state index is 15.2. The fourth-order valence-corrected chi connectivity index (χ4v) is 10.3. The van der Waals surface area contributed by atoms with E-state index in [1.165, 1.54) is 23.5 Å². The summed E-state index contributed by atoms with van der Waals surface area (Å²) in [6, 6.07) is 34.5. The Balaban J connectivity index is 1.42. The highest BCUT2D eigenvalue weighted by molar-refractivity contribution is 7.89. The van der Waals surface area contributed by atoms with Crippen molar-refractivity contribution in [1.29, 1.82) is 5.26 Å². The van der Waals surface area contributed by atoms with E-state index in [1.807, 2.05) is 80.6 Å². The number of hydrogen-bond donors (Lipinski definition) is 1. The van der Waals surface area contributed by atoms with Crippen molar-refractivity contribution in [2.24, 2.45) is 11.3 Å². The van der Waals surface area contributed by atoms with E-state index in [9.17, 15) is 18.5 Å². The van der Waals surface area contributed by atoms with Crippen LogP contribution in [0.5, 0.6) is 5.75 Å². The van der Waals surface area contributed by atoms with Crippen LogP contribution in [0.2, 0.25) is 0 Å². The number of sulfonamides is 1. The number of nitriles is 1. The van der Waals surface area contributed by atoms with Gasteiger partial charge in [-0.05, 0) is 65.6 Å². The van der Waals surface area contributed by atoms with Gasteiger partial charge < -0.3 is 24.3 Å². The molecule has 326 valence electrons. The number of benzene rings is 4. The van der Waals surface area contributed by atoms with E-state index in [0.717, 1.165) is 5.56 Å². The normalized spacial score (nSPS) is 18.8. The van der Waals surface area contributed by atoms with Gasteiger partial charge in [-0.15, -0.1) is 0 Å². The third-order valence-electron chi connectivity index (χ3n) is 10.6. The number of alkyl carbamates (subject to hydrolysis) is 1. The van der Waals surface area contributed by atoms with Crippen LogP contribution in [0.25, 0.3) is 0 Å². The molecule has 0 unspecified atom stereocenters. The number of fused-ring (bicyclic) bond motifs is 1. The molecule has 2 aliphatic heterocycles. The lowest BCUT2D eigenvalue weighted by Crippen LogP contribution is -2.53. The number of methoxy groups -OCH3 is 1. The minimum Gasteiger partial charge on any atom is -0.497 e. The zero-order chi connectivity index (χ0) is 43.3. The number of phosphoric acid groups is 1. The number of hydrogen-bond acceptors (Lipinski definition) is 12. The van der Waals surface area contributed by atoms with Gasteiger partial charge in [0.05, 0.1) is 56.5 Å². The van der Waals surface area contributed by atoms with E-state index in [0.29, 0.717) is 36.3 Å². The molecule has 0 aromatic heterocycles. The summed E-state index contributed by atoms with van der Waals surface area (Å²) in [6.07, 6.45) is -1.94. The number of rotatable bonds is 22. The Morgan fingerprint density at radius 2 is 1.49 bits per heavy atom. The van der Waals surface area contributed by atoms with Crippen LogP contribution in [0.3, 0.4) is 0 Å². The minimum atomic E-state index is -4.62. The maximum Gasteiger partial charge on any atom is 0.475 e. The average molecular weight is 876 g/mol. The van der Waals surface area contributed by atoms with Crippen molar-refractivity contribution in [2.45, 2.75) is 82.2 Å². The summed E-state index contributed by atoms with van der Waals surface area (Å²) < 4.78 is 87.4. The highest BCUT2D eigenvalue weighted by atomic mass is 32.2. The molecule has 61 heavy (non-hydrogen) atoms. The molecule has 14 nitrogen and oxygen atoms in total. The molecule has 5 atom stereocenters. The van der Waals surface area contributed by atoms with Crippen molar-refractivity contribution in [2.75, 3.05) is 33.4 Å². The summed E-state index contributed by atoms with van der Waals surface area (Å²) in [5, 5.41) is 12.5. The summed E-state index contributed by atoms with van der Waals surface area (Å²) in [6.45, 7) is 3.53.